The lowest BCUT2D eigenvalue weighted by atomic mass is 10.0. The third kappa shape index (κ3) is 5.16. The molecular weight excluding hydrogens is 382 g/mol. The molecule has 0 fully saturated rings. The Balaban J connectivity index is 2.04. The number of halogens is 1. The van der Waals surface area contributed by atoms with Crippen molar-refractivity contribution in [2.24, 2.45) is 5.92 Å². The van der Waals surface area contributed by atoms with E-state index in [2.05, 4.69) is 21.2 Å². The molecule has 2 aromatic rings. The largest absolute Gasteiger partial charge is 0.459 e. The van der Waals surface area contributed by atoms with Crippen LogP contribution in [0.15, 0.2) is 53.0 Å². The van der Waals surface area contributed by atoms with Crippen LogP contribution in [0.4, 0.5) is 0 Å². The van der Waals surface area contributed by atoms with Gasteiger partial charge in [-0.05, 0) is 52.0 Å². The van der Waals surface area contributed by atoms with Crippen LogP contribution >= 0.6 is 15.9 Å². The zero-order chi connectivity index (χ0) is 18.4. The van der Waals surface area contributed by atoms with Crippen LogP contribution in [0.25, 0.3) is 0 Å². The van der Waals surface area contributed by atoms with Gasteiger partial charge in [0.05, 0.1) is 5.56 Å². The van der Waals surface area contributed by atoms with Gasteiger partial charge in [0.2, 0.25) is 0 Å². The van der Waals surface area contributed by atoms with Crippen LogP contribution in [0.1, 0.15) is 35.3 Å². The van der Waals surface area contributed by atoms with Crippen LogP contribution in [0.5, 0.6) is 0 Å². The number of nitrogens with one attached hydrogen (secondary N) is 1. The van der Waals surface area contributed by atoms with E-state index in [1.807, 2.05) is 51.1 Å². The molecule has 1 N–H and O–H groups in total. The first-order valence-corrected chi connectivity index (χ1v) is 8.96. The molecule has 2 rings (SSSR count). The maximum Gasteiger partial charge on any atom is 0.329 e. The second-order valence-corrected chi connectivity index (χ2v) is 7.06. The lowest BCUT2D eigenvalue weighted by Crippen LogP contribution is -2.45. The molecular formula is C20H22BrNO3. The fraction of sp³-hybridized carbons (Fsp3) is 0.300. The monoisotopic (exact) mass is 403 g/mol. The number of amides is 1. The summed E-state index contributed by atoms with van der Waals surface area (Å²) in [6.07, 6.45) is 0. The first-order valence-electron chi connectivity index (χ1n) is 8.16. The van der Waals surface area contributed by atoms with Crippen LogP contribution in [-0.2, 0) is 16.1 Å². The van der Waals surface area contributed by atoms with Crippen molar-refractivity contribution in [2.75, 3.05) is 0 Å². The van der Waals surface area contributed by atoms with Gasteiger partial charge in [0.25, 0.3) is 5.91 Å². The topological polar surface area (TPSA) is 55.4 Å². The predicted octanol–water partition coefficient (Wildman–Crippen LogP) is 4.26. The quantitative estimate of drug-likeness (QED) is 0.733. The minimum absolute atomic E-state index is 0.0872. The van der Waals surface area contributed by atoms with Gasteiger partial charge in [0.15, 0.2) is 0 Å². The Morgan fingerprint density at radius 3 is 2.36 bits per heavy atom. The molecule has 0 radical (unpaired) electrons. The van der Waals surface area contributed by atoms with E-state index in [9.17, 15) is 9.59 Å². The van der Waals surface area contributed by atoms with Crippen molar-refractivity contribution < 1.29 is 14.3 Å². The van der Waals surface area contributed by atoms with E-state index in [4.69, 9.17) is 4.74 Å². The number of ether oxygens (including phenoxy) is 1. The summed E-state index contributed by atoms with van der Waals surface area (Å²) < 4.78 is 6.12. The van der Waals surface area contributed by atoms with Crippen molar-refractivity contribution >= 4 is 27.8 Å². The zero-order valence-electron chi connectivity index (χ0n) is 14.6. The summed E-state index contributed by atoms with van der Waals surface area (Å²) in [5.74, 6) is -0.825. The van der Waals surface area contributed by atoms with E-state index < -0.39 is 12.0 Å². The first kappa shape index (κ1) is 19.2. The van der Waals surface area contributed by atoms with Crippen LogP contribution < -0.4 is 5.32 Å². The van der Waals surface area contributed by atoms with E-state index >= 15 is 0 Å². The minimum Gasteiger partial charge on any atom is -0.459 e. The summed E-state index contributed by atoms with van der Waals surface area (Å²) >= 11 is 3.35. The fourth-order valence-corrected chi connectivity index (χ4v) is 2.84. The molecule has 0 heterocycles. The first-order chi connectivity index (χ1) is 11.9. The number of esters is 1. The van der Waals surface area contributed by atoms with Gasteiger partial charge in [-0.3, -0.25) is 4.79 Å². The summed E-state index contributed by atoms with van der Waals surface area (Å²) in [6.45, 7) is 5.91. The van der Waals surface area contributed by atoms with Crippen LogP contribution in [-0.4, -0.2) is 17.9 Å². The Bertz CT molecular complexity index is 758. The normalized spacial score (nSPS) is 11.9. The SMILES string of the molecule is Cc1ccccc1COC(=O)[C@@H](NC(=O)c1ccccc1Br)C(C)C. The number of aryl methyl sites for hydroxylation is 1. The van der Waals surface area contributed by atoms with Gasteiger partial charge < -0.3 is 10.1 Å². The van der Waals surface area contributed by atoms with Crippen LogP contribution in [0, 0.1) is 12.8 Å². The second kappa shape index (κ2) is 8.81. The number of carbonyl (C=O) groups excluding carboxylic acids is 2. The minimum atomic E-state index is -0.705. The van der Waals surface area contributed by atoms with Gasteiger partial charge >= 0.3 is 5.97 Å². The van der Waals surface area contributed by atoms with Crippen LogP contribution in [0.3, 0.4) is 0 Å². The third-order valence-corrected chi connectivity index (χ3v) is 4.65. The zero-order valence-corrected chi connectivity index (χ0v) is 16.2. The molecule has 1 amide bonds. The van der Waals surface area contributed by atoms with Gasteiger partial charge in [0.1, 0.15) is 12.6 Å². The lowest BCUT2D eigenvalue weighted by molar-refractivity contribution is -0.148. The summed E-state index contributed by atoms with van der Waals surface area (Å²) in [5, 5.41) is 2.78. The average molecular weight is 404 g/mol. The van der Waals surface area contributed by atoms with Crippen molar-refractivity contribution in [2.45, 2.75) is 33.4 Å². The molecule has 0 saturated carbocycles. The van der Waals surface area contributed by atoms with Gasteiger partial charge in [-0.15, -0.1) is 0 Å². The Hall–Kier alpha value is -2.14. The van der Waals surface area contributed by atoms with Gasteiger partial charge in [0, 0.05) is 4.47 Å². The molecule has 0 saturated heterocycles. The van der Waals surface area contributed by atoms with Crippen molar-refractivity contribution in [1.82, 2.24) is 5.32 Å². The number of rotatable bonds is 6. The summed E-state index contributed by atoms with van der Waals surface area (Å²) in [7, 11) is 0. The van der Waals surface area contributed by atoms with E-state index in [0.717, 1.165) is 11.1 Å². The molecule has 132 valence electrons. The van der Waals surface area contributed by atoms with Crippen molar-refractivity contribution in [3.63, 3.8) is 0 Å². The van der Waals surface area contributed by atoms with E-state index in [1.54, 1.807) is 18.2 Å². The van der Waals surface area contributed by atoms with Gasteiger partial charge in [-0.1, -0.05) is 50.2 Å². The predicted molar refractivity (Wildman–Crippen MR) is 101 cm³/mol. The highest BCUT2D eigenvalue weighted by Gasteiger charge is 2.26. The summed E-state index contributed by atoms with van der Waals surface area (Å²) in [5.41, 5.74) is 2.50. The standard InChI is InChI=1S/C20H22BrNO3/c1-13(2)18(22-19(23)16-10-6-7-11-17(16)21)20(24)25-12-15-9-5-4-8-14(15)3/h4-11,13,18H,12H2,1-3H3,(H,22,23)/t18-/m0/s1. The van der Waals surface area contributed by atoms with Gasteiger partial charge in [-0.25, -0.2) is 4.79 Å². The van der Waals surface area contributed by atoms with Gasteiger partial charge in [-0.2, -0.15) is 0 Å². The molecule has 0 bridgehead atoms. The molecule has 4 nitrogen and oxygen atoms in total. The molecule has 0 spiro atoms. The van der Waals surface area contributed by atoms with Crippen LogP contribution in [0.2, 0.25) is 0 Å². The maximum atomic E-state index is 12.5. The number of benzene rings is 2. The summed E-state index contributed by atoms with van der Waals surface area (Å²) in [6, 6.07) is 14.1. The molecule has 1 atom stereocenters. The highest BCUT2D eigenvalue weighted by molar-refractivity contribution is 9.10. The molecule has 2 aromatic carbocycles. The average Bonchev–Trinajstić information content (AvgIpc) is 2.58. The van der Waals surface area contributed by atoms with E-state index in [0.29, 0.717) is 10.0 Å². The fourth-order valence-electron chi connectivity index (χ4n) is 2.37. The Kier molecular flexibility index (Phi) is 6.76. The molecule has 0 aliphatic heterocycles. The van der Waals surface area contributed by atoms with E-state index in [1.165, 1.54) is 0 Å². The number of hydrogen-bond donors (Lipinski definition) is 1. The Labute approximate surface area is 156 Å². The molecule has 0 aliphatic carbocycles. The second-order valence-electron chi connectivity index (χ2n) is 6.21. The highest BCUT2D eigenvalue weighted by Crippen LogP contribution is 2.17. The van der Waals surface area contributed by atoms with Crippen molar-refractivity contribution in [1.29, 1.82) is 0 Å². The van der Waals surface area contributed by atoms with Crippen molar-refractivity contribution in [3.05, 3.63) is 69.7 Å². The summed E-state index contributed by atoms with van der Waals surface area (Å²) in [4.78, 5) is 24.9. The lowest BCUT2D eigenvalue weighted by Gasteiger charge is -2.21. The molecule has 25 heavy (non-hydrogen) atoms. The molecule has 5 heteroatoms. The number of carbonyl (C=O) groups is 2. The smallest absolute Gasteiger partial charge is 0.329 e. The third-order valence-electron chi connectivity index (χ3n) is 3.96. The molecule has 0 aliphatic rings. The van der Waals surface area contributed by atoms with E-state index in [-0.39, 0.29) is 18.4 Å². The van der Waals surface area contributed by atoms with Crippen molar-refractivity contribution in [3.8, 4) is 0 Å². The molecule has 0 unspecified atom stereocenters. The Morgan fingerprint density at radius 2 is 1.72 bits per heavy atom. The highest BCUT2D eigenvalue weighted by atomic mass is 79.9. The Morgan fingerprint density at radius 1 is 1.08 bits per heavy atom. The number of hydrogen-bond acceptors (Lipinski definition) is 3. The molecule has 0 aromatic heterocycles. The maximum absolute atomic E-state index is 12.5.